The molecular weight excluding hydrogens is 256 g/mol. The fourth-order valence-electron chi connectivity index (χ4n) is 2.05. The number of fused-ring (bicyclic) bond motifs is 1. The van der Waals surface area contributed by atoms with Crippen LogP contribution in [0.4, 0.5) is 0 Å². The first-order valence-electron chi connectivity index (χ1n) is 6.69. The summed E-state index contributed by atoms with van der Waals surface area (Å²) < 4.78 is 10.9. The molecule has 2 aromatic rings. The second kappa shape index (κ2) is 6.91. The van der Waals surface area contributed by atoms with Gasteiger partial charge in [0.2, 0.25) is 0 Å². The molecule has 0 heterocycles. The number of ether oxygens (including phenoxy) is 2. The van der Waals surface area contributed by atoms with Crippen LogP contribution in [0.5, 0.6) is 5.75 Å². The number of rotatable bonds is 7. The van der Waals surface area contributed by atoms with E-state index in [0.29, 0.717) is 25.6 Å². The molecule has 2 rings (SSSR count). The molecular formula is C16H18O4. The van der Waals surface area contributed by atoms with Crippen molar-refractivity contribution in [3.05, 3.63) is 42.0 Å². The molecule has 1 N–H and O–H groups in total. The van der Waals surface area contributed by atoms with E-state index in [1.165, 1.54) is 0 Å². The zero-order valence-electron chi connectivity index (χ0n) is 11.5. The molecule has 0 spiro atoms. The third-order valence-corrected chi connectivity index (χ3v) is 2.99. The van der Waals surface area contributed by atoms with E-state index in [9.17, 15) is 9.90 Å². The minimum absolute atomic E-state index is 0.195. The Labute approximate surface area is 117 Å². The zero-order chi connectivity index (χ0) is 14.4. The molecule has 0 amide bonds. The zero-order valence-corrected chi connectivity index (χ0v) is 11.5. The molecule has 0 aliphatic heterocycles. The van der Waals surface area contributed by atoms with E-state index in [4.69, 9.17) is 9.47 Å². The molecule has 0 bridgehead atoms. The molecule has 0 radical (unpaired) electrons. The van der Waals surface area contributed by atoms with E-state index >= 15 is 0 Å². The highest BCUT2D eigenvalue weighted by molar-refractivity contribution is 6.00. The van der Waals surface area contributed by atoms with Gasteiger partial charge in [-0.05, 0) is 18.4 Å². The van der Waals surface area contributed by atoms with Crippen LogP contribution in [0.2, 0.25) is 0 Å². The van der Waals surface area contributed by atoms with Crippen molar-refractivity contribution in [1.29, 1.82) is 0 Å². The van der Waals surface area contributed by atoms with Crippen LogP contribution < -0.4 is 4.74 Å². The quantitative estimate of drug-likeness (QED) is 0.787. The van der Waals surface area contributed by atoms with Gasteiger partial charge in [0, 0.05) is 25.0 Å². The first kappa shape index (κ1) is 14.3. The highest BCUT2D eigenvalue weighted by Gasteiger charge is 2.14. The van der Waals surface area contributed by atoms with Gasteiger partial charge >= 0.3 is 5.97 Å². The molecule has 20 heavy (non-hydrogen) atoms. The third kappa shape index (κ3) is 3.27. The molecule has 0 atom stereocenters. The van der Waals surface area contributed by atoms with Gasteiger partial charge in [-0.2, -0.15) is 0 Å². The van der Waals surface area contributed by atoms with Crippen LogP contribution in [0.15, 0.2) is 36.4 Å². The van der Waals surface area contributed by atoms with Crippen LogP contribution >= 0.6 is 0 Å². The molecule has 4 heteroatoms. The minimum atomic E-state index is -0.976. The third-order valence-electron chi connectivity index (χ3n) is 2.99. The normalized spacial score (nSPS) is 10.7. The van der Waals surface area contributed by atoms with Crippen LogP contribution in [0.1, 0.15) is 23.7 Å². The first-order chi connectivity index (χ1) is 9.74. The highest BCUT2D eigenvalue weighted by Crippen LogP contribution is 2.30. The second-order valence-electron chi connectivity index (χ2n) is 4.37. The van der Waals surface area contributed by atoms with Gasteiger partial charge in [0.15, 0.2) is 0 Å². The van der Waals surface area contributed by atoms with Crippen molar-refractivity contribution in [1.82, 2.24) is 0 Å². The lowest BCUT2D eigenvalue weighted by Gasteiger charge is -2.12. The fourth-order valence-corrected chi connectivity index (χ4v) is 2.05. The Bertz CT molecular complexity index is 592. The summed E-state index contributed by atoms with van der Waals surface area (Å²) in [5, 5.41) is 11.1. The van der Waals surface area contributed by atoms with E-state index in [0.717, 1.165) is 17.2 Å². The maximum atomic E-state index is 11.3. The first-order valence-corrected chi connectivity index (χ1v) is 6.69. The van der Waals surface area contributed by atoms with Gasteiger partial charge in [-0.25, -0.2) is 4.79 Å². The Morgan fingerprint density at radius 3 is 2.70 bits per heavy atom. The Balaban J connectivity index is 2.23. The van der Waals surface area contributed by atoms with Crippen molar-refractivity contribution < 1.29 is 19.4 Å². The number of benzene rings is 2. The molecule has 4 nitrogen and oxygen atoms in total. The largest absolute Gasteiger partial charge is 0.492 e. The summed E-state index contributed by atoms with van der Waals surface area (Å²) >= 11 is 0. The van der Waals surface area contributed by atoms with E-state index in [1.807, 2.05) is 31.2 Å². The topological polar surface area (TPSA) is 55.8 Å². The maximum absolute atomic E-state index is 11.3. The van der Waals surface area contributed by atoms with Crippen LogP contribution in [-0.2, 0) is 4.74 Å². The summed E-state index contributed by atoms with van der Waals surface area (Å²) in [6.45, 7) is 3.67. The monoisotopic (exact) mass is 274 g/mol. The lowest BCUT2D eigenvalue weighted by Crippen LogP contribution is -2.07. The number of aromatic carboxylic acids is 1. The van der Waals surface area contributed by atoms with Crippen molar-refractivity contribution in [2.24, 2.45) is 0 Å². The maximum Gasteiger partial charge on any atom is 0.339 e. The molecule has 0 saturated heterocycles. The van der Waals surface area contributed by atoms with Crippen molar-refractivity contribution in [2.45, 2.75) is 13.3 Å². The number of hydrogen-bond donors (Lipinski definition) is 1. The lowest BCUT2D eigenvalue weighted by atomic mass is 10.1. The summed E-state index contributed by atoms with van der Waals surface area (Å²) in [6, 6.07) is 11.0. The Hall–Kier alpha value is -2.07. The summed E-state index contributed by atoms with van der Waals surface area (Å²) in [5.74, 6) is -0.539. The summed E-state index contributed by atoms with van der Waals surface area (Å²) in [7, 11) is 0. The van der Waals surface area contributed by atoms with Gasteiger partial charge < -0.3 is 14.6 Å². The standard InChI is InChI=1S/C16H18O4/c1-2-19-10-5-11-20-15-13-7-4-3-6-12(13)8-9-14(15)16(17)18/h3-4,6-9H,2,5,10-11H2,1H3,(H,17,18). The van der Waals surface area contributed by atoms with E-state index in [2.05, 4.69) is 0 Å². The Morgan fingerprint density at radius 2 is 1.95 bits per heavy atom. The van der Waals surface area contributed by atoms with Gasteiger partial charge in [0.25, 0.3) is 0 Å². The molecule has 106 valence electrons. The van der Waals surface area contributed by atoms with Crippen molar-refractivity contribution in [3.63, 3.8) is 0 Å². The van der Waals surface area contributed by atoms with Gasteiger partial charge in [0.1, 0.15) is 11.3 Å². The number of hydrogen-bond acceptors (Lipinski definition) is 3. The van der Waals surface area contributed by atoms with Crippen LogP contribution in [0, 0.1) is 0 Å². The smallest absolute Gasteiger partial charge is 0.339 e. The molecule has 2 aromatic carbocycles. The van der Waals surface area contributed by atoms with Crippen LogP contribution in [0.25, 0.3) is 10.8 Å². The molecule has 0 saturated carbocycles. The Morgan fingerprint density at radius 1 is 1.15 bits per heavy atom. The molecule has 0 aliphatic rings. The SMILES string of the molecule is CCOCCCOc1c(C(=O)O)ccc2ccccc12. The van der Waals surface area contributed by atoms with Gasteiger partial charge in [-0.3, -0.25) is 0 Å². The number of carboxylic acid groups (broad SMARTS) is 1. The van der Waals surface area contributed by atoms with Crippen molar-refractivity contribution >= 4 is 16.7 Å². The fraction of sp³-hybridized carbons (Fsp3) is 0.312. The number of carboxylic acids is 1. The average Bonchev–Trinajstić information content (AvgIpc) is 2.46. The minimum Gasteiger partial charge on any atom is -0.492 e. The van der Waals surface area contributed by atoms with Crippen LogP contribution in [-0.4, -0.2) is 30.9 Å². The van der Waals surface area contributed by atoms with Crippen molar-refractivity contribution in [3.8, 4) is 5.75 Å². The predicted octanol–water partition coefficient (Wildman–Crippen LogP) is 3.34. The molecule has 0 aliphatic carbocycles. The number of carbonyl (C=O) groups is 1. The highest BCUT2D eigenvalue weighted by atomic mass is 16.5. The van der Waals surface area contributed by atoms with Crippen molar-refractivity contribution in [2.75, 3.05) is 19.8 Å². The lowest BCUT2D eigenvalue weighted by molar-refractivity contribution is 0.0692. The van der Waals surface area contributed by atoms with Crippen LogP contribution in [0.3, 0.4) is 0 Å². The molecule has 0 aromatic heterocycles. The summed E-state index contributed by atoms with van der Waals surface area (Å²) in [5.41, 5.74) is 0.195. The summed E-state index contributed by atoms with van der Waals surface area (Å²) in [6.07, 6.45) is 0.732. The van der Waals surface area contributed by atoms with E-state index in [1.54, 1.807) is 12.1 Å². The van der Waals surface area contributed by atoms with Gasteiger partial charge in [-0.15, -0.1) is 0 Å². The summed E-state index contributed by atoms with van der Waals surface area (Å²) in [4.78, 5) is 11.3. The molecule has 0 unspecified atom stereocenters. The van der Waals surface area contributed by atoms with Gasteiger partial charge in [-0.1, -0.05) is 30.3 Å². The second-order valence-corrected chi connectivity index (χ2v) is 4.37. The van der Waals surface area contributed by atoms with E-state index in [-0.39, 0.29) is 5.56 Å². The van der Waals surface area contributed by atoms with E-state index < -0.39 is 5.97 Å². The predicted molar refractivity (Wildman–Crippen MR) is 77.5 cm³/mol. The Kier molecular flexibility index (Phi) is 4.96. The molecule has 0 fully saturated rings. The van der Waals surface area contributed by atoms with Gasteiger partial charge in [0.05, 0.1) is 6.61 Å². The average molecular weight is 274 g/mol.